The fourth-order valence-electron chi connectivity index (χ4n) is 2.32. The van der Waals surface area contributed by atoms with E-state index in [-0.39, 0.29) is 6.10 Å². The second kappa shape index (κ2) is 6.35. The van der Waals surface area contributed by atoms with E-state index in [1.165, 1.54) is 18.4 Å². The maximum absolute atomic E-state index is 10.3. The van der Waals surface area contributed by atoms with Crippen LogP contribution in [0.3, 0.4) is 0 Å². The van der Waals surface area contributed by atoms with Gasteiger partial charge in [0, 0.05) is 13.1 Å². The molecular weight excluding hydrogens is 222 g/mol. The van der Waals surface area contributed by atoms with Crippen molar-refractivity contribution in [2.75, 3.05) is 19.6 Å². The minimum Gasteiger partial charge on any atom is -0.387 e. The summed E-state index contributed by atoms with van der Waals surface area (Å²) >= 11 is 0. The summed E-state index contributed by atoms with van der Waals surface area (Å²) in [5.41, 5.74) is 2.37. The Balaban J connectivity index is 1.89. The zero-order chi connectivity index (χ0) is 13.0. The zero-order valence-electron chi connectivity index (χ0n) is 11.6. The van der Waals surface area contributed by atoms with Crippen molar-refractivity contribution in [3.05, 3.63) is 35.4 Å². The summed E-state index contributed by atoms with van der Waals surface area (Å²) in [6.45, 7) is 7.27. The summed E-state index contributed by atoms with van der Waals surface area (Å²) in [6.07, 6.45) is 3.45. The number of hydrogen-bond donors (Lipinski definition) is 1. The van der Waals surface area contributed by atoms with Crippen LogP contribution in [-0.2, 0) is 6.42 Å². The molecule has 0 bridgehead atoms. The van der Waals surface area contributed by atoms with E-state index >= 15 is 0 Å². The van der Waals surface area contributed by atoms with Crippen molar-refractivity contribution in [3.63, 3.8) is 0 Å². The van der Waals surface area contributed by atoms with Crippen molar-refractivity contribution < 1.29 is 5.11 Å². The van der Waals surface area contributed by atoms with E-state index in [4.69, 9.17) is 0 Å². The Labute approximate surface area is 111 Å². The molecule has 1 aliphatic carbocycles. The van der Waals surface area contributed by atoms with Crippen LogP contribution in [0.4, 0.5) is 0 Å². The van der Waals surface area contributed by atoms with Crippen LogP contribution in [-0.4, -0.2) is 29.6 Å². The average Bonchev–Trinajstić information content (AvgIpc) is 3.22. The Hall–Kier alpha value is -0.860. The van der Waals surface area contributed by atoms with Crippen LogP contribution >= 0.6 is 0 Å². The monoisotopic (exact) mass is 247 g/mol. The lowest BCUT2D eigenvalue weighted by Gasteiger charge is -2.23. The van der Waals surface area contributed by atoms with E-state index in [1.54, 1.807) is 0 Å². The van der Waals surface area contributed by atoms with Gasteiger partial charge in [-0.05, 0) is 42.9 Å². The molecule has 2 rings (SSSR count). The summed E-state index contributed by atoms with van der Waals surface area (Å²) in [5, 5.41) is 10.3. The number of aryl methyl sites for hydroxylation is 1. The van der Waals surface area contributed by atoms with Gasteiger partial charge >= 0.3 is 0 Å². The van der Waals surface area contributed by atoms with Crippen LogP contribution in [0.1, 0.15) is 43.9 Å². The molecule has 0 spiro atoms. The molecule has 0 heterocycles. The number of hydrogen-bond acceptors (Lipinski definition) is 2. The number of rotatable bonds is 7. The summed E-state index contributed by atoms with van der Waals surface area (Å²) in [6, 6.07) is 8.37. The minimum absolute atomic E-state index is 0.352. The molecule has 1 aromatic carbocycles. The van der Waals surface area contributed by atoms with Crippen LogP contribution in [0, 0.1) is 5.92 Å². The largest absolute Gasteiger partial charge is 0.387 e. The normalized spacial score (nSPS) is 17.1. The molecule has 0 aliphatic heterocycles. The van der Waals surface area contributed by atoms with Crippen LogP contribution in [0.2, 0.25) is 0 Å². The van der Waals surface area contributed by atoms with Gasteiger partial charge in [0.25, 0.3) is 0 Å². The maximum atomic E-state index is 10.3. The molecule has 1 fully saturated rings. The number of nitrogens with zero attached hydrogens (tertiary/aromatic N) is 1. The first-order valence-electron chi connectivity index (χ1n) is 7.22. The molecule has 0 saturated heterocycles. The van der Waals surface area contributed by atoms with Crippen molar-refractivity contribution in [3.8, 4) is 0 Å². The Bertz CT molecular complexity index is 356. The van der Waals surface area contributed by atoms with Crippen LogP contribution in [0.5, 0.6) is 0 Å². The first kappa shape index (κ1) is 13.6. The predicted octanol–water partition coefficient (Wildman–Crippen LogP) is 3.01. The van der Waals surface area contributed by atoms with Gasteiger partial charge in [0.05, 0.1) is 6.10 Å². The van der Waals surface area contributed by atoms with E-state index < -0.39 is 0 Å². The molecule has 0 aromatic heterocycles. The topological polar surface area (TPSA) is 23.5 Å². The molecule has 0 radical (unpaired) electrons. The number of likely N-dealkylation sites (N-methyl/N-ethyl adjacent to an activating group) is 1. The lowest BCUT2D eigenvalue weighted by Crippen LogP contribution is -2.30. The molecule has 1 atom stereocenters. The van der Waals surface area contributed by atoms with Gasteiger partial charge in [0.15, 0.2) is 0 Å². The molecule has 1 unspecified atom stereocenters. The van der Waals surface area contributed by atoms with Crippen molar-refractivity contribution >= 4 is 0 Å². The van der Waals surface area contributed by atoms with Crippen molar-refractivity contribution in [1.29, 1.82) is 0 Å². The Morgan fingerprint density at radius 1 is 1.22 bits per heavy atom. The third-order valence-corrected chi connectivity index (χ3v) is 3.86. The second-order valence-electron chi connectivity index (χ2n) is 5.41. The highest BCUT2D eigenvalue weighted by Crippen LogP contribution is 2.30. The lowest BCUT2D eigenvalue weighted by atomic mass is 10.1. The summed E-state index contributed by atoms with van der Waals surface area (Å²) in [7, 11) is 0. The molecule has 100 valence electrons. The van der Waals surface area contributed by atoms with Gasteiger partial charge in [-0.15, -0.1) is 0 Å². The SMILES string of the molecule is CCc1ccc(C(O)CN(CC)CC2CC2)cc1. The van der Waals surface area contributed by atoms with Gasteiger partial charge in [-0.1, -0.05) is 38.1 Å². The van der Waals surface area contributed by atoms with Crippen molar-refractivity contribution in [2.45, 2.75) is 39.2 Å². The van der Waals surface area contributed by atoms with Gasteiger partial charge in [0.1, 0.15) is 0 Å². The fourth-order valence-corrected chi connectivity index (χ4v) is 2.32. The van der Waals surface area contributed by atoms with E-state index in [0.717, 1.165) is 37.5 Å². The molecule has 1 aromatic rings. The number of aliphatic hydroxyl groups is 1. The van der Waals surface area contributed by atoms with Crippen molar-refractivity contribution in [2.24, 2.45) is 5.92 Å². The Kier molecular flexibility index (Phi) is 4.79. The molecule has 2 nitrogen and oxygen atoms in total. The first-order chi connectivity index (χ1) is 8.72. The summed E-state index contributed by atoms with van der Waals surface area (Å²) in [4.78, 5) is 2.37. The van der Waals surface area contributed by atoms with Crippen LogP contribution in [0.15, 0.2) is 24.3 Å². The number of benzene rings is 1. The molecular formula is C16H25NO. The first-order valence-corrected chi connectivity index (χ1v) is 7.22. The highest BCUT2D eigenvalue weighted by Gasteiger charge is 2.24. The van der Waals surface area contributed by atoms with Gasteiger partial charge in [-0.25, -0.2) is 0 Å². The number of aliphatic hydroxyl groups excluding tert-OH is 1. The molecule has 1 saturated carbocycles. The third kappa shape index (κ3) is 3.82. The molecule has 18 heavy (non-hydrogen) atoms. The standard InChI is InChI=1S/C16H25NO/c1-3-13-7-9-15(10-8-13)16(18)12-17(4-2)11-14-5-6-14/h7-10,14,16,18H,3-6,11-12H2,1-2H3. The minimum atomic E-state index is -0.352. The van der Waals surface area contributed by atoms with Gasteiger partial charge < -0.3 is 10.0 Å². The van der Waals surface area contributed by atoms with Crippen molar-refractivity contribution in [1.82, 2.24) is 4.90 Å². The van der Waals surface area contributed by atoms with Crippen LogP contribution < -0.4 is 0 Å². The molecule has 1 N–H and O–H groups in total. The van der Waals surface area contributed by atoms with Gasteiger partial charge in [-0.2, -0.15) is 0 Å². The maximum Gasteiger partial charge on any atom is 0.0916 e. The van der Waals surface area contributed by atoms with Crippen LogP contribution in [0.25, 0.3) is 0 Å². The Morgan fingerprint density at radius 3 is 2.39 bits per heavy atom. The Morgan fingerprint density at radius 2 is 1.89 bits per heavy atom. The highest BCUT2D eigenvalue weighted by atomic mass is 16.3. The second-order valence-corrected chi connectivity index (χ2v) is 5.41. The smallest absolute Gasteiger partial charge is 0.0916 e. The summed E-state index contributed by atoms with van der Waals surface area (Å²) < 4.78 is 0. The predicted molar refractivity (Wildman–Crippen MR) is 75.6 cm³/mol. The highest BCUT2D eigenvalue weighted by molar-refractivity contribution is 5.24. The van der Waals surface area contributed by atoms with E-state index in [0.29, 0.717) is 0 Å². The van der Waals surface area contributed by atoms with E-state index in [9.17, 15) is 5.11 Å². The average molecular weight is 247 g/mol. The van der Waals surface area contributed by atoms with E-state index in [1.807, 2.05) is 0 Å². The summed E-state index contributed by atoms with van der Waals surface area (Å²) in [5.74, 6) is 0.889. The van der Waals surface area contributed by atoms with Gasteiger partial charge in [0.2, 0.25) is 0 Å². The molecule has 2 heteroatoms. The van der Waals surface area contributed by atoms with Gasteiger partial charge in [-0.3, -0.25) is 0 Å². The fraction of sp³-hybridized carbons (Fsp3) is 0.625. The third-order valence-electron chi connectivity index (χ3n) is 3.86. The quantitative estimate of drug-likeness (QED) is 0.800. The molecule has 0 amide bonds. The van der Waals surface area contributed by atoms with E-state index in [2.05, 4.69) is 43.0 Å². The zero-order valence-corrected chi connectivity index (χ0v) is 11.6. The lowest BCUT2D eigenvalue weighted by molar-refractivity contribution is 0.113. The molecule has 1 aliphatic rings.